The van der Waals surface area contributed by atoms with Crippen LogP contribution in [0, 0.1) is 0 Å². The third kappa shape index (κ3) is 3.23. The molecular weight excluding hydrogens is 350 g/mol. The summed E-state index contributed by atoms with van der Waals surface area (Å²) in [6, 6.07) is 11.6. The van der Waals surface area contributed by atoms with E-state index in [4.69, 9.17) is 17.3 Å². The molecule has 0 spiro atoms. The Morgan fingerprint density at radius 1 is 1.05 bits per heavy atom. The van der Waals surface area contributed by atoms with Crippen LogP contribution >= 0.6 is 27.5 Å². The van der Waals surface area contributed by atoms with Crippen LogP contribution in [0.1, 0.15) is 17.2 Å². The van der Waals surface area contributed by atoms with Crippen molar-refractivity contribution in [3.8, 4) is 0 Å². The van der Waals surface area contributed by atoms with Crippen LogP contribution in [0.4, 0.5) is 0 Å². The van der Waals surface area contributed by atoms with E-state index in [9.17, 15) is 0 Å². The molecule has 3 aromatic rings. The van der Waals surface area contributed by atoms with Gasteiger partial charge in [0, 0.05) is 27.9 Å². The number of benzene rings is 2. The fourth-order valence-electron chi connectivity index (χ4n) is 2.25. The van der Waals surface area contributed by atoms with Crippen LogP contribution in [0.2, 0.25) is 5.02 Å². The molecule has 1 aromatic heterocycles. The van der Waals surface area contributed by atoms with Gasteiger partial charge in [-0.25, -0.2) is 0 Å². The lowest BCUT2D eigenvalue weighted by atomic mass is 9.99. The van der Waals surface area contributed by atoms with Gasteiger partial charge in [0.25, 0.3) is 0 Å². The summed E-state index contributed by atoms with van der Waals surface area (Å²) in [5, 5.41) is 0.723. The van der Waals surface area contributed by atoms with Gasteiger partial charge in [0.15, 0.2) is 0 Å². The van der Waals surface area contributed by atoms with E-state index in [1.54, 1.807) is 12.4 Å². The zero-order valence-electron chi connectivity index (χ0n) is 11.1. The predicted octanol–water partition coefficient (Wildman–Crippen LogP) is 4.29. The topological polar surface area (TPSA) is 51.8 Å². The van der Waals surface area contributed by atoms with Gasteiger partial charge in [-0.3, -0.25) is 9.97 Å². The average Bonchev–Trinajstić information content (AvgIpc) is 2.49. The highest BCUT2D eigenvalue weighted by atomic mass is 79.9. The summed E-state index contributed by atoms with van der Waals surface area (Å²) in [5.74, 6) is 0. The van der Waals surface area contributed by atoms with Crippen LogP contribution in [-0.4, -0.2) is 9.97 Å². The summed E-state index contributed by atoms with van der Waals surface area (Å²) < 4.78 is 0.964. The first-order valence-electron chi connectivity index (χ1n) is 6.53. The lowest BCUT2D eigenvalue weighted by Crippen LogP contribution is -2.13. The molecule has 1 atom stereocenters. The highest BCUT2D eigenvalue weighted by Crippen LogP contribution is 2.26. The molecule has 0 aliphatic rings. The summed E-state index contributed by atoms with van der Waals surface area (Å²) in [7, 11) is 0. The Morgan fingerprint density at radius 3 is 2.57 bits per heavy atom. The monoisotopic (exact) mass is 361 g/mol. The summed E-state index contributed by atoms with van der Waals surface area (Å²) in [6.45, 7) is 0. The van der Waals surface area contributed by atoms with Gasteiger partial charge in [0.2, 0.25) is 0 Å². The fourth-order valence-corrected chi connectivity index (χ4v) is 3.00. The number of nitrogens with two attached hydrogens (primary N) is 1. The first-order chi connectivity index (χ1) is 10.1. The maximum atomic E-state index is 6.31. The Kier molecular flexibility index (Phi) is 4.19. The average molecular weight is 363 g/mol. The van der Waals surface area contributed by atoms with Gasteiger partial charge in [0.05, 0.1) is 11.0 Å². The summed E-state index contributed by atoms with van der Waals surface area (Å²) >= 11 is 9.65. The number of hydrogen-bond acceptors (Lipinski definition) is 3. The first-order valence-corrected chi connectivity index (χ1v) is 7.71. The SMILES string of the molecule is NC(Cc1ccc(Br)cc1Cl)c1ccc2nccnc2c1. The molecule has 0 bridgehead atoms. The van der Waals surface area contributed by atoms with E-state index in [2.05, 4.69) is 25.9 Å². The van der Waals surface area contributed by atoms with Crippen LogP contribution < -0.4 is 5.73 Å². The predicted molar refractivity (Wildman–Crippen MR) is 89.3 cm³/mol. The summed E-state index contributed by atoms with van der Waals surface area (Å²) in [5.41, 5.74) is 10.1. The van der Waals surface area contributed by atoms with Crippen molar-refractivity contribution >= 4 is 38.6 Å². The molecule has 21 heavy (non-hydrogen) atoms. The van der Waals surface area contributed by atoms with E-state index < -0.39 is 0 Å². The minimum Gasteiger partial charge on any atom is -0.324 e. The molecule has 0 saturated carbocycles. The summed E-state index contributed by atoms with van der Waals surface area (Å²) in [4.78, 5) is 8.57. The Balaban J connectivity index is 1.87. The van der Waals surface area contributed by atoms with Crippen molar-refractivity contribution in [2.75, 3.05) is 0 Å². The molecule has 1 heterocycles. The minimum atomic E-state index is -0.130. The van der Waals surface area contributed by atoms with E-state index in [1.165, 1.54) is 0 Å². The molecule has 2 N–H and O–H groups in total. The molecule has 3 rings (SSSR count). The Morgan fingerprint density at radius 2 is 1.81 bits per heavy atom. The van der Waals surface area contributed by atoms with Crippen molar-refractivity contribution in [2.24, 2.45) is 5.73 Å². The Bertz CT molecular complexity index is 791. The Labute approximate surface area is 136 Å². The van der Waals surface area contributed by atoms with E-state index in [1.807, 2.05) is 36.4 Å². The lowest BCUT2D eigenvalue weighted by molar-refractivity contribution is 0.723. The Hall–Kier alpha value is -1.49. The molecule has 2 aromatic carbocycles. The quantitative estimate of drug-likeness (QED) is 0.756. The molecule has 5 heteroatoms. The zero-order chi connectivity index (χ0) is 14.8. The van der Waals surface area contributed by atoms with Gasteiger partial charge >= 0.3 is 0 Å². The molecule has 1 unspecified atom stereocenters. The second-order valence-corrected chi connectivity index (χ2v) is 6.17. The van der Waals surface area contributed by atoms with Gasteiger partial charge in [-0.15, -0.1) is 0 Å². The van der Waals surface area contributed by atoms with Crippen LogP contribution in [0.15, 0.2) is 53.3 Å². The standard InChI is InChI=1S/C16H13BrClN3/c17-12-3-1-10(13(18)9-12)7-14(19)11-2-4-15-16(8-11)21-6-5-20-15/h1-6,8-9,14H,7,19H2. The van der Waals surface area contributed by atoms with Crippen molar-refractivity contribution < 1.29 is 0 Å². The van der Waals surface area contributed by atoms with Gasteiger partial charge < -0.3 is 5.73 Å². The molecule has 0 fully saturated rings. The maximum Gasteiger partial charge on any atom is 0.0890 e. The summed E-state index contributed by atoms with van der Waals surface area (Å²) in [6.07, 6.45) is 4.05. The molecule has 0 aliphatic carbocycles. The van der Waals surface area contributed by atoms with Crippen LogP contribution in [0.5, 0.6) is 0 Å². The number of rotatable bonds is 3. The van der Waals surface area contributed by atoms with E-state index in [0.29, 0.717) is 6.42 Å². The third-order valence-electron chi connectivity index (χ3n) is 3.38. The van der Waals surface area contributed by atoms with Gasteiger partial charge in [0.1, 0.15) is 0 Å². The number of nitrogens with zero attached hydrogens (tertiary/aromatic N) is 2. The lowest BCUT2D eigenvalue weighted by Gasteiger charge is -2.14. The van der Waals surface area contributed by atoms with Crippen molar-refractivity contribution in [2.45, 2.75) is 12.5 Å². The zero-order valence-corrected chi connectivity index (χ0v) is 13.5. The van der Waals surface area contributed by atoms with Gasteiger partial charge in [-0.2, -0.15) is 0 Å². The van der Waals surface area contributed by atoms with Crippen molar-refractivity contribution in [1.82, 2.24) is 9.97 Å². The highest BCUT2D eigenvalue weighted by molar-refractivity contribution is 9.10. The smallest absolute Gasteiger partial charge is 0.0890 e. The number of aromatic nitrogens is 2. The normalized spacial score (nSPS) is 12.5. The number of hydrogen-bond donors (Lipinski definition) is 1. The van der Waals surface area contributed by atoms with Crippen LogP contribution in [-0.2, 0) is 6.42 Å². The molecular formula is C16H13BrClN3. The first kappa shape index (κ1) is 14.4. The van der Waals surface area contributed by atoms with Crippen LogP contribution in [0.25, 0.3) is 11.0 Å². The molecule has 3 nitrogen and oxygen atoms in total. The number of fused-ring (bicyclic) bond motifs is 1. The van der Waals surface area contributed by atoms with Crippen molar-refractivity contribution in [3.05, 3.63) is 69.4 Å². The largest absolute Gasteiger partial charge is 0.324 e. The van der Waals surface area contributed by atoms with Crippen molar-refractivity contribution in [1.29, 1.82) is 0 Å². The fraction of sp³-hybridized carbons (Fsp3) is 0.125. The van der Waals surface area contributed by atoms with E-state index in [-0.39, 0.29) is 6.04 Å². The number of halogens is 2. The van der Waals surface area contributed by atoms with Crippen molar-refractivity contribution in [3.63, 3.8) is 0 Å². The molecule has 0 aliphatic heterocycles. The van der Waals surface area contributed by atoms with E-state index >= 15 is 0 Å². The van der Waals surface area contributed by atoms with Gasteiger partial charge in [-0.1, -0.05) is 39.7 Å². The minimum absolute atomic E-state index is 0.130. The second kappa shape index (κ2) is 6.10. The second-order valence-electron chi connectivity index (χ2n) is 4.85. The van der Waals surface area contributed by atoms with E-state index in [0.717, 1.165) is 31.7 Å². The molecule has 0 saturated heterocycles. The highest BCUT2D eigenvalue weighted by Gasteiger charge is 2.11. The van der Waals surface area contributed by atoms with Crippen LogP contribution in [0.3, 0.4) is 0 Å². The third-order valence-corrected chi connectivity index (χ3v) is 4.22. The molecule has 0 amide bonds. The molecule has 0 radical (unpaired) electrons. The van der Waals surface area contributed by atoms with Gasteiger partial charge in [-0.05, 0) is 41.8 Å². The molecule has 106 valence electrons. The maximum absolute atomic E-state index is 6.31.